The lowest BCUT2D eigenvalue weighted by Gasteiger charge is -2.30. The Hall–Kier alpha value is -3.03. The van der Waals surface area contributed by atoms with Crippen molar-refractivity contribution in [3.8, 4) is 11.4 Å². The van der Waals surface area contributed by atoms with Crippen LogP contribution in [-0.2, 0) is 4.79 Å². The van der Waals surface area contributed by atoms with E-state index in [-0.39, 0.29) is 17.8 Å². The number of likely N-dealkylation sites (tertiary alicyclic amines) is 1. The number of pyridine rings is 1. The zero-order valence-corrected chi connectivity index (χ0v) is 17.5. The van der Waals surface area contributed by atoms with Crippen molar-refractivity contribution in [2.45, 2.75) is 51.0 Å². The molecule has 0 radical (unpaired) electrons. The number of halogens is 1. The molecular weight excluding hydrogens is 395 g/mol. The van der Waals surface area contributed by atoms with Crippen LogP contribution in [0.4, 0.5) is 10.2 Å². The Labute approximate surface area is 180 Å². The van der Waals surface area contributed by atoms with Crippen molar-refractivity contribution in [1.29, 1.82) is 0 Å². The first-order chi connectivity index (χ1) is 15.2. The number of fused-ring (bicyclic) bond motifs is 1. The molecule has 1 aliphatic carbocycles. The number of carbonyl (C=O) groups is 1. The summed E-state index contributed by atoms with van der Waals surface area (Å²) in [4.78, 5) is 30.6. The number of aromatic amines is 1. The van der Waals surface area contributed by atoms with E-state index >= 15 is 0 Å². The summed E-state index contributed by atoms with van der Waals surface area (Å²) in [5, 5.41) is 4.20. The molecule has 0 spiro atoms. The second kappa shape index (κ2) is 8.61. The van der Waals surface area contributed by atoms with Gasteiger partial charge in [-0.25, -0.2) is 19.3 Å². The summed E-state index contributed by atoms with van der Waals surface area (Å²) in [6.07, 6.45) is 11.4. The molecule has 1 saturated heterocycles. The Balaban J connectivity index is 1.29. The summed E-state index contributed by atoms with van der Waals surface area (Å²) in [7, 11) is 0. The fourth-order valence-corrected chi connectivity index (χ4v) is 4.88. The maximum absolute atomic E-state index is 14.5. The van der Waals surface area contributed by atoms with Gasteiger partial charge in [0.25, 0.3) is 0 Å². The van der Waals surface area contributed by atoms with Crippen LogP contribution in [-0.4, -0.2) is 49.9 Å². The van der Waals surface area contributed by atoms with Gasteiger partial charge in [0.1, 0.15) is 5.65 Å². The molecule has 7 nitrogen and oxygen atoms in total. The van der Waals surface area contributed by atoms with Crippen LogP contribution in [0.15, 0.2) is 30.7 Å². The van der Waals surface area contributed by atoms with Crippen molar-refractivity contribution in [3.63, 3.8) is 0 Å². The second-order valence-electron chi connectivity index (χ2n) is 8.66. The average Bonchev–Trinajstić information content (AvgIpc) is 3.46. The Morgan fingerprint density at radius 2 is 2.10 bits per heavy atom. The van der Waals surface area contributed by atoms with Gasteiger partial charge in [-0.05, 0) is 50.2 Å². The quantitative estimate of drug-likeness (QED) is 0.645. The third-order valence-electron chi connectivity index (χ3n) is 6.48. The number of hydrogen-bond acceptors (Lipinski definition) is 5. The number of rotatable bonds is 5. The first-order valence-electron chi connectivity index (χ1n) is 11.2. The molecule has 5 rings (SSSR count). The van der Waals surface area contributed by atoms with Crippen LogP contribution in [0.3, 0.4) is 0 Å². The second-order valence-corrected chi connectivity index (χ2v) is 8.66. The number of H-pyrrole nitrogens is 1. The Morgan fingerprint density at radius 3 is 2.97 bits per heavy atom. The van der Waals surface area contributed by atoms with Crippen LogP contribution in [0.25, 0.3) is 22.4 Å². The molecular formula is C23H27FN6O. The highest BCUT2D eigenvalue weighted by atomic mass is 19.1. The van der Waals surface area contributed by atoms with E-state index in [2.05, 4.69) is 25.3 Å². The van der Waals surface area contributed by atoms with Gasteiger partial charge in [0.2, 0.25) is 5.91 Å². The molecule has 2 atom stereocenters. The van der Waals surface area contributed by atoms with Gasteiger partial charge in [-0.2, -0.15) is 0 Å². The molecule has 1 aliphatic heterocycles. The normalized spacial score (nSPS) is 21.5. The lowest BCUT2D eigenvalue weighted by Crippen LogP contribution is -2.33. The molecule has 2 N–H and O–H groups in total. The van der Waals surface area contributed by atoms with Crippen LogP contribution in [0.1, 0.15) is 44.9 Å². The van der Waals surface area contributed by atoms with Crippen LogP contribution >= 0.6 is 0 Å². The summed E-state index contributed by atoms with van der Waals surface area (Å²) in [5.74, 6) is 0.825. The molecule has 0 bridgehead atoms. The zero-order valence-electron chi connectivity index (χ0n) is 17.5. The predicted molar refractivity (Wildman–Crippen MR) is 117 cm³/mol. The molecule has 3 aromatic rings. The lowest BCUT2D eigenvalue weighted by atomic mass is 9.83. The van der Waals surface area contributed by atoms with Crippen LogP contribution in [0.2, 0.25) is 0 Å². The highest BCUT2D eigenvalue weighted by molar-refractivity contribution is 5.91. The molecule has 1 saturated carbocycles. The van der Waals surface area contributed by atoms with E-state index in [9.17, 15) is 9.18 Å². The number of nitrogens with one attached hydrogen (secondary N) is 2. The topological polar surface area (TPSA) is 86.8 Å². The van der Waals surface area contributed by atoms with E-state index in [1.54, 1.807) is 12.4 Å². The van der Waals surface area contributed by atoms with Crippen molar-refractivity contribution in [3.05, 3.63) is 36.5 Å². The highest BCUT2D eigenvalue weighted by Gasteiger charge is 2.27. The molecule has 8 heteroatoms. The average molecular weight is 423 g/mol. The van der Waals surface area contributed by atoms with Crippen LogP contribution < -0.4 is 5.32 Å². The number of nitrogens with zero attached hydrogens (tertiary/aromatic N) is 4. The summed E-state index contributed by atoms with van der Waals surface area (Å²) >= 11 is 0. The summed E-state index contributed by atoms with van der Waals surface area (Å²) in [6, 6.07) is 3.90. The predicted octanol–water partition coefficient (Wildman–Crippen LogP) is 4.14. The third kappa shape index (κ3) is 4.24. The maximum Gasteiger partial charge on any atom is 0.222 e. The molecule has 0 aromatic carbocycles. The fourth-order valence-electron chi connectivity index (χ4n) is 4.88. The minimum Gasteiger partial charge on any atom is -0.365 e. The van der Waals surface area contributed by atoms with Gasteiger partial charge in [-0.15, -0.1) is 0 Å². The number of anilines is 1. The van der Waals surface area contributed by atoms with E-state index in [0.717, 1.165) is 68.2 Å². The SMILES string of the molecule is O=C(C[C@@H]1CCCC(Nc2nc(-c3c[nH]c4ncccc34)ncc2F)C1)N1CCCC1. The van der Waals surface area contributed by atoms with Crippen molar-refractivity contribution in [1.82, 2.24) is 24.8 Å². The highest BCUT2D eigenvalue weighted by Crippen LogP contribution is 2.31. The van der Waals surface area contributed by atoms with Crippen molar-refractivity contribution in [2.24, 2.45) is 5.92 Å². The van der Waals surface area contributed by atoms with Crippen molar-refractivity contribution in [2.75, 3.05) is 18.4 Å². The summed E-state index contributed by atoms with van der Waals surface area (Å²) in [5.41, 5.74) is 1.54. The van der Waals surface area contributed by atoms with E-state index in [4.69, 9.17) is 0 Å². The molecule has 1 amide bonds. The maximum atomic E-state index is 14.5. The van der Waals surface area contributed by atoms with Crippen LogP contribution in [0.5, 0.6) is 0 Å². The molecule has 162 valence electrons. The monoisotopic (exact) mass is 422 g/mol. The summed E-state index contributed by atoms with van der Waals surface area (Å²) in [6.45, 7) is 1.79. The zero-order chi connectivity index (χ0) is 21.2. The molecule has 3 aromatic heterocycles. The lowest BCUT2D eigenvalue weighted by molar-refractivity contribution is -0.131. The van der Waals surface area contributed by atoms with Gasteiger partial charge in [0.15, 0.2) is 17.5 Å². The number of amides is 1. The molecule has 1 unspecified atom stereocenters. The van der Waals surface area contributed by atoms with Gasteiger partial charge in [-0.1, -0.05) is 6.42 Å². The molecule has 31 heavy (non-hydrogen) atoms. The Kier molecular flexibility index (Phi) is 5.53. The van der Waals surface area contributed by atoms with Gasteiger partial charge in [0.05, 0.1) is 6.20 Å². The van der Waals surface area contributed by atoms with Crippen molar-refractivity contribution < 1.29 is 9.18 Å². The fraction of sp³-hybridized carbons (Fsp3) is 0.478. The van der Waals surface area contributed by atoms with E-state index < -0.39 is 5.82 Å². The number of carbonyl (C=O) groups excluding carboxylic acids is 1. The molecule has 2 fully saturated rings. The van der Waals surface area contributed by atoms with Gasteiger partial charge in [0, 0.05) is 48.9 Å². The van der Waals surface area contributed by atoms with E-state index in [1.165, 1.54) is 6.20 Å². The van der Waals surface area contributed by atoms with Gasteiger partial charge < -0.3 is 15.2 Å². The third-order valence-corrected chi connectivity index (χ3v) is 6.48. The molecule has 2 aliphatic rings. The Bertz CT molecular complexity index is 1080. The Morgan fingerprint density at radius 1 is 1.23 bits per heavy atom. The number of hydrogen-bond donors (Lipinski definition) is 2. The number of aromatic nitrogens is 4. The largest absolute Gasteiger partial charge is 0.365 e. The van der Waals surface area contributed by atoms with Gasteiger partial charge >= 0.3 is 0 Å². The standard InChI is InChI=1S/C23H27FN6O/c24-19-14-27-22(18-13-26-21-17(18)7-4-8-25-21)29-23(19)28-16-6-3-5-15(11-16)12-20(31)30-9-1-2-10-30/h4,7-8,13-16H,1-3,5-6,9-12H2,(H,25,26)(H,27,28,29)/t15-,16?/m1/s1. The molecule has 4 heterocycles. The smallest absolute Gasteiger partial charge is 0.222 e. The first-order valence-corrected chi connectivity index (χ1v) is 11.2. The van der Waals surface area contributed by atoms with E-state index in [0.29, 0.717) is 18.2 Å². The minimum absolute atomic E-state index is 0.104. The van der Waals surface area contributed by atoms with E-state index in [1.807, 2.05) is 17.0 Å². The van der Waals surface area contributed by atoms with Crippen molar-refractivity contribution >= 4 is 22.8 Å². The van der Waals surface area contributed by atoms with Gasteiger partial charge in [-0.3, -0.25) is 4.79 Å². The summed E-state index contributed by atoms with van der Waals surface area (Å²) < 4.78 is 14.5. The minimum atomic E-state index is -0.461. The first kappa shape index (κ1) is 19.9. The van der Waals surface area contributed by atoms with Crippen LogP contribution in [0, 0.1) is 11.7 Å².